The van der Waals surface area contributed by atoms with Crippen LogP contribution in [-0.2, 0) is 47.4 Å². The van der Waals surface area contributed by atoms with Crippen molar-refractivity contribution in [2.45, 2.75) is 205 Å². The molecule has 386 valence electrons. The maximum Gasteiger partial charge on any atom is 0.330 e. The summed E-state index contributed by atoms with van der Waals surface area (Å²) in [6.45, 7) is -2.17. The third-order valence-electron chi connectivity index (χ3n) is 14.7. The van der Waals surface area contributed by atoms with E-state index in [1.807, 2.05) is 0 Å². The highest BCUT2D eigenvalue weighted by atomic mass is 16.8. The van der Waals surface area contributed by atoms with Crippen molar-refractivity contribution in [3.8, 4) is 0 Å². The van der Waals surface area contributed by atoms with Gasteiger partial charge in [0.05, 0.1) is 68.1 Å². The van der Waals surface area contributed by atoms with Gasteiger partial charge in [0.15, 0.2) is 18.9 Å². The molecule has 7 aliphatic rings. The lowest BCUT2D eigenvalue weighted by atomic mass is 9.72. The first-order valence-electron chi connectivity index (χ1n) is 23.3. The van der Waals surface area contributed by atoms with Crippen molar-refractivity contribution in [2.75, 3.05) is 26.9 Å². The van der Waals surface area contributed by atoms with E-state index in [0.29, 0.717) is 25.7 Å². The number of aliphatic hydroxyl groups excluding tert-OH is 14. The highest BCUT2D eigenvalue weighted by Crippen LogP contribution is 2.45. The van der Waals surface area contributed by atoms with Gasteiger partial charge < -0.3 is 114 Å². The van der Waals surface area contributed by atoms with E-state index in [0.717, 1.165) is 0 Å². The molecule has 3 saturated carbocycles. The SMILES string of the molecule is COC1CC(C=CC(=O)OC[C@H]2O[C@@H](OC3CC4C(CC(O)CC4O[C@@H]4O[C@H](CO)[C@@H](O)[C@H](O)[C@H]4O)OC3C3CCC(O)C(O)C3)[C@H](O[C@@H]3O[C@H](CO)[C@@H](O)[C@H](O)[C@H]3O)[C@@H](O)[C@@H]2O)CCC1O. The molecule has 0 radical (unpaired) electrons. The van der Waals surface area contributed by atoms with E-state index in [-0.39, 0.29) is 38.0 Å². The van der Waals surface area contributed by atoms with Crippen LogP contribution in [-0.4, -0.2) is 251 Å². The molecule has 4 saturated heterocycles. The third-order valence-corrected chi connectivity index (χ3v) is 14.7. The molecule has 0 amide bonds. The number of esters is 1. The molecule has 3 aliphatic carbocycles. The third kappa shape index (κ3) is 12.0. The number of ether oxygens (including phenoxy) is 9. The molecule has 27 atom stereocenters. The van der Waals surface area contributed by atoms with E-state index >= 15 is 0 Å². The van der Waals surface area contributed by atoms with E-state index in [4.69, 9.17) is 42.6 Å². The second-order valence-corrected chi connectivity index (χ2v) is 19.1. The first kappa shape index (κ1) is 53.1. The lowest BCUT2D eigenvalue weighted by Gasteiger charge is -2.53. The first-order chi connectivity index (χ1) is 31.9. The predicted octanol–water partition coefficient (Wildman–Crippen LogP) is -6.09. The Morgan fingerprint density at radius 2 is 1.15 bits per heavy atom. The molecule has 7 rings (SSSR count). The number of fused-ring (bicyclic) bond motifs is 1. The standard InChI is InChI=1S/C43H70O24/c1-59-25-8-16(2-5-21(25)48)3-7-30(50)60-15-29-33(53)36(56)40(67-42-38(58)35(55)32(52)28(14-45)65-42)43(66-29)63-26-12-19-23(61-39(26)17-4-6-20(47)22(49)9-17)10-18(46)11-24(19)62-41-37(57)34(54)31(51)27(13-44)64-41/h3,7,16-29,31-49,51-58H,2,4-6,8-15H2,1H3/t16?,17?,18?,19?,20?,21?,22?,23?,24?,25?,26?,27-,28-,29-,31-,32-,33-,34+,35+,36+,37-,38-,39?,40-,41-,42+,43-/m1/s1. The Kier molecular flexibility index (Phi) is 18.4. The molecule has 4 aliphatic heterocycles. The molecule has 12 unspecified atom stereocenters. The van der Waals surface area contributed by atoms with Crippen molar-refractivity contribution in [1.29, 1.82) is 0 Å². The van der Waals surface area contributed by atoms with Crippen LogP contribution in [0.5, 0.6) is 0 Å². The van der Waals surface area contributed by atoms with Gasteiger partial charge in [-0.3, -0.25) is 0 Å². The minimum absolute atomic E-state index is 0.0110. The summed E-state index contributed by atoms with van der Waals surface area (Å²) in [5.41, 5.74) is 0. The average Bonchev–Trinajstić information content (AvgIpc) is 3.31. The molecule has 24 nitrogen and oxygen atoms in total. The van der Waals surface area contributed by atoms with Gasteiger partial charge in [0, 0.05) is 25.5 Å². The van der Waals surface area contributed by atoms with Gasteiger partial charge in [0.25, 0.3) is 0 Å². The van der Waals surface area contributed by atoms with E-state index in [2.05, 4.69) is 0 Å². The quantitative estimate of drug-likeness (QED) is 0.0569. The fourth-order valence-electron chi connectivity index (χ4n) is 10.7. The Hall–Kier alpha value is -1.67. The number of methoxy groups -OCH3 is 1. The normalized spacial score (nSPS) is 51.0. The van der Waals surface area contributed by atoms with Crippen molar-refractivity contribution in [3.63, 3.8) is 0 Å². The van der Waals surface area contributed by atoms with E-state index in [1.54, 1.807) is 6.08 Å². The van der Waals surface area contributed by atoms with Crippen molar-refractivity contribution < 1.29 is 119 Å². The fraction of sp³-hybridized carbons (Fsp3) is 0.930. The summed E-state index contributed by atoms with van der Waals surface area (Å²) in [6.07, 6.45) is -28.9. The number of aliphatic hydroxyl groups is 14. The number of hydrogen-bond donors (Lipinski definition) is 14. The molecule has 14 N–H and O–H groups in total. The summed E-state index contributed by atoms with van der Waals surface area (Å²) < 4.78 is 53.8. The zero-order valence-corrected chi connectivity index (χ0v) is 37.1. The lowest BCUT2D eigenvalue weighted by molar-refractivity contribution is -0.380. The highest BCUT2D eigenvalue weighted by molar-refractivity contribution is 5.81. The van der Waals surface area contributed by atoms with Gasteiger partial charge in [-0.25, -0.2) is 4.79 Å². The van der Waals surface area contributed by atoms with Gasteiger partial charge in [-0.15, -0.1) is 0 Å². The molecule has 67 heavy (non-hydrogen) atoms. The topological polar surface area (TPSA) is 383 Å². The van der Waals surface area contributed by atoms with Crippen LogP contribution in [0.1, 0.15) is 57.8 Å². The molecule has 0 aromatic carbocycles. The van der Waals surface area contributed by atoms with Gasteiger partial charge >= 0.3 is 5.97 Å². The Morgan fingerprint density at radius 3 is 1.78 bits per heavy atom. The van der Waals surface area contributed by atoms with Crippen LogP contribution in [0.2, 0.25) is 0 Å². The molecule has 0 aromatic heterocycles. The molecule has 0 spiro atoms. The van der Waals surface area contributed by atoms with Crippen molar-refractivity contribution >= 4 is 5.97 Å². The second kappa shape index (κ2) is 23.3. The maximum atomic E-state index is 13.0. The van der Waals surface area contributed by atoms with Gasteiger partial charge in [-0.1, -0.05) is 6.08 Å². The Labute approximate surface area is 386 Å². The largest absolute Gasteiger partial charge is 0.460 e. The van der Waals surface area contributed by atoms with Crippen LogP contribution in [0.4, 0.5) is 0 Å². The first-order valence-corrected chi connectivity index (χ1v) is 23.3. The summed E-state index contributed by atoms with van der Waals surface area (Å²) >= 11 is 0. The zero-order valence-electron chi connectivity index (χ0n) is 37.1. The monoisotopic (exact) mass is 970 g/mol. The molecule has 4 heterocycles. The number of carbonyl (C=O) groups is 1. The smallest absolute Gasteiger partial charge is 0.330 e. The van der Waals surface area contributed by atoms with Crippen LogP contribution >= 0.6 is 0 Å². The summed E-state index contributed by atoms with van der Waals surface area (Å²) in [6, 6.07) is 0. The van der Waals surface area contributed by atoms with Gasteiger partial charge in [-0.2, -0.15) is 0 Å². The summed E-state index contributed by atoms with van der Waals surface area (Å²) in [7, 11) is 1.48. The van der Waals surface area contributed by atoms with Crippen LogP contribution in [0.3, 0.4) is 0 Å². The van der Waals surface area contributed by atoms with E-state index < -0.39 is 185 Å². The average molecular weight is 971 g/mol. The fourth-order valence-corrected chi connectivity index (χ4v) is 10.7. The van der Waals surface area contributed by atoms with Crippen LogP contribution in [0, 0.1) is 17.8 Å². The Bertz CT molecular complexity index is 1590. The van der Waals surface area contributed by atoms with E-state index in [1.165, 1.54) is 13.2 Å². The van der Waals surface area contributed by atoms with Gasteiger partial charge in [-0.05, 0) is 63.2 Å². The molecule has 7 fully saturated rings. The predicted molar refractivity (Wildman–Crippen MR) is 218 cm³/mol. The lowest BCUT2D eigenvalue weighted by Crippen LogP contribution is -2.66. The number of hydrogen-bond acceptors (Lipinski definition) is 24. The van der Waals surface area contributed by atoms with Crippen LogP contribution < -0.4 is 0 Å². The van der Waals surface area contributed by atoms with Crippen molar-refractivity contribution in [2.24, 2.45) is 17.8 Å². The van der Waals surface area contributed by atoms with E-state index in [9.17, 15) is 76.3 Å². The minimum atomic E-state index is -1.96. The number of carbonyl (C=O) groups excluding carboxylic acids is 1. The van der Waals surface area contributed by atoms with Crippen molar-refractivity contribution in [3.05, 3.63) is 12.2 Å². The maximum absolute atomic E-state index is 13.0. The highest BCUT2D eigenvalue weighted by Gasteiger charge is 2.56. The molecule has 24 heteroatoms. The minimum Gasteiger partial charge on any atom is -0.460 e. The van der Waals surface area contributed by atoms with Gasteiger partial charge in [0.1, 0.15) is 79.9 Å². The Morgan fingerprint density at radius 1 is 0.552 bits per heavy atom. The molecular weight excluding hydrogens is 900 g/mol. The zero-order chi connectivity index (χ0) is 48.4. The van der Waals surface area contributed by atoms with Crippen molar-refractivity contribution in [1.82, 2.24) is 0 Å². The molecular formula is C43H70O24. The molecule has 0 aromatic rings. The summed E-state index contributed by atoms with van der Waals surface area (Å²) in [5.74, 6) is -2.11. The van der Waals surface area contributed by atoms with Gasteiger partial charge in [0.2, 0.25) is 0 Å². The van der Waals surface area contributed by atoms with Crippen LogP contribution in [0.15, 0.2) is 12.2 Å². The van der Waals surface area contributed by atoms with Crippen LogP contribution in [0.25, 0.3) is 0 Å². The number of rotatable bonds is 14. The molecule has 0 bridgehead atoms. The summed E-state index contributed by atoms with van der Waals surface area (Å²) in [4.78, 5) is 13.0. The number of allylic oxidation sites excluding steroid dienone is 1. The Balaban J connectivity index is 1.15. The summed E-state index contributed by atoms with van der Waals surface area (Å²) in [5, 5.41) is 149. The second-order valence-electron chi connectivity index (χ2n) is 19.1.